The first-order valence-electron chi connectivity index (χ1n) is 4.63. The summed E-state index contributed by atoms with van der Waals surface area (Å²) < 4.78 is 5.31. The van der Waals surface area contributed by atoms with Crippen molar-refractivity contribution in [2.45, 2.75) is 6.92 Å². The normalized spacial score (nSPS) is 10.2. The molecule has 3 heteroatoms. The maximum absolute atomic E-state index is 10.8. The van der Waals surface area contributed by atoms with Crippen molar-refractivity contribution < 1.29 is 9.21 Å². The van der Waals surface area contributed by atoms with E-state index in [4.69, 9.17) is 10.2 Å². The molecule has 0 unspecified atom stereocenters. The number of hydrogen-bond donors (Lipinski definition) is 1. The van der Waals surface area contributed by atoms with Crippen LogP contribution in [0.2, 0.25) is 0 Å². The van der Waals surface area contributed by atoms with Crippen molar-refractivity contribution in [2.75, 3.05) is 0 Å². The number of primary amides is 1. The molecule has 3 nitrogen and oxygen atoms in total. The minimum atomic E-state index is -0.547. The van der Waals surface area contributed by atoms with Crippen molar-refractivity contribution in [3.8, 4) is 11.3 Å². The number of hydrogen-bond acceptors (Lipinski definition) is 2. The number of nitrogens with two attached hydrogens (primary N) is 1. The van der Waals surface area contributed by atoms with Gasteiger partial charge in [-0.15, -0.1) is 0 Å². The molecular formula is C12H11NO2. The summed E-state index contributed by atoms with van der Waals surface area (Å²) in [6, 6.07) is 11.2. The van der Waals surface area contributed by atoms with Crippen LogP contribution in [0.1, 0.15) is 16.1 Å². The Labute approximate surface area is 87.5 Å². The topological polar surface area (TPSA) is 56.2 Å². The Balaban J connectivity index is 2.41. The number of rotatable bonds is 2. The van der Waals surface area contributed by atoms with Crippen LogP contribution in [0.5, 0.6) is 0 Å². The highest BCUT2D eigenvalue weighted by Crippen LogP contribution is 2.22. The third-order valence-electron chi connectivity index (χ3n) is 2.15. The van der Waals surface area contributed by atoms with Gasteiger partial charge in [0, 0.05) is 5.56 Å². The van der Waals surface area contributed by atoms with Gasteiger partial charge in [-0.25, -0.2) is 0 Å². The van der Waals surface area contributed by atoms with E-state index in [1.807, 2.05) is 31.2 Å². The van der Waals surface area contributed by atoms with Crippen molar-refractivity contribution >= 4 is 5.91 Å². The molecule has 0 aliphatic heterocycles. The number of carbonyl (C=O) groups is 1. The number of furan rings is 1. The molecule has 0 atom stereocenters. The van der Waals surface area contributed by atoms with Gasteiger partial charge in [-0.2, -0.15) is 0 Å². The third kappa shape index (κ3) is 1.91. The van der Waals surface area contributed by atoms with Crippen molar-refractivity contribution in [3.05, 3.63) is 47.7 Å². The minimum Gasteiger partial charge on any atom is -0.451 e. The van der Waals surface area contributed by atoms with Crippen LogP contribution in [0.4, 0.5) is 0 Å². The molecule has 0 aliphatic carbocycles. The molecule has 0 saturated heterocycles. The summed E-state index contributed by atoms with van der Waals surface area (Å²) in [5.41, 5.74) is 7.19. The lowest BCUT2D eigenvalue weighted by atomic mass is 10.1. The van der Waals surface area contributed by atoms with Crippen LogP contribution in [-0.2, 0) is 0 Å². The van der Waals surface area contributed by atoms with E-state index in [9.17, 15) is 4.79 Å². The van der Waals surface area contributed by atoms with E-state index in [1.54, 1.807) is 12.1 Å². The molecule has 1 aromatic carbocycles. The fourth-order valence-electron chi connectivity index (χ4n) is 1.42. The van der Waals surface area contributed by atoms with Crippen LogP contribution < -0.4 is 5.73 Å². The molecule has 0 aliphatic rings. The first kappa shape index (κ1) is 9.52. The Hall–Kier alpha value is -2.03. The summed E-state index contributed by atoms with van der Waals surface area (Å²) in [5.74, 6) is 0.299. The van der Waals surface area contributed by atoms with Gasteiger partial charge >= 0.3 is 0 Å². The van der Waals surface area contributed by atoms with Gasteiger partial charge in [0.15, 0.2) is 5.76 Å². The zero-order chi connectivity index (χ0) is 10.8. The van der Waals surface area contributed by atoms with Gasteiger partial charge in [0.2, 0.25) is 0 Å². The molecule has 15 heavy (non-hydrogen) atoms. The zero-order valence-corrected chi connectivity index (χ0v) is 8.36. The van der Waals surface area contributed by atoms with E-state index < -0.39 is 5.91 Å². The van der Waals surface area contributed by atoms with Crippen LogP contribution >= 0.6 is 0 Å². The van der Waals surface area contributed by atoms with Gasteiger partial charge in [-0.05, 0) is 25.1 Å². The summed E-state index contributed by atoms with van der Waals surface area (Å²) in [7, 11) is 0. The minimum absolute atomic E-state index is 0.187. The fraction of sp³-hybridized carbons (Fsp3) is 0.0833. The van der Waals surface area contributed by atoms with Crippen LogP contribution in [0, 0.1) is 6.92 Å². The molecule has 2 N–H and O–H groups in total. The van der Waals surface area contributed by atoms with E-state index in [0.717, 1.165) is 11.1 Å². The van der Waals surface area contributed by atoms with E-state index in [1.165, 1.54) is 0 Å². The van der Waals surface area contributed by atoms with E-state index in [2.05, 4.69) is 0 Å². The van der Waals surface area contributed by atoms with Gasteiger partial charge < -0.3 is 10.2 Å². The molecule has 0 spiro atoms. The predicted octanol–water partition coefficient (Wildman–Crippen LogP) is 2.35. The van der Waals surface area contributed by atoms with Gasteiger partial charge in [0.1, 0.15) is 5.76 Å². The summed E-state index contributed by atoms with van der Waals surface area (Å²) >= 11 is 0. The van der Waals surface area contributed by atoms with Crippen molar-refractivity contribution in [2.24, 2.45) is 5.73 Å². The molecule has 2 aromatic rings. The molecule has 0 radical (unpaired) electrons. The van der Waals surface area contributed by atoms with Crippen LogP contribution in [0.3, 0.4) is 0 Å². The Kier molecular flexibility index (Phi) is 2.29. The van der Waals surface area contributed by atoms with E-state index in [0.29, 0.717) is 5.76 Å². The Bertz CT molecular complexity index is 500. The molecule has 0 saturated carbocycles. The number of aryl methyl sites for hydroxylation is 1. The second kappa shape index (κ2) is 3.61. The Morgan fingerprint density at radius 3 is 2.67 bits per heavy atom. The summed E-state index contributed by atoms with van der Waals surface area (Å²) in [4.78, 5) is 10.8. The predicted molar refractivity (Wildman–Crippen MR) is 57.4 cm³/mol. The van der Waals surface area contributed by atoms with Crippen molar-refractivity contribution in [1.82, 2.24) is 0 Å². The summed E-state index contributed by atoms with van der Waals surface area (Å²) in [6.45, 7) is 2.00. The number of benzene rings is 1. The van der Waals surface area contributed by atoms with Crippen LogP contribution in [0.25, 0.3) is 11.3 Å². The monoisotopic (exact) mass is 201 g/mol. The Morgan fingerprint density at radius 1 is 1.27 bits per heavy atom. The summed E-state index contributed by atoms with van der Waals surface area (Å²) in [5, 5.41) is 0. The summed E-state index contributed by atoms with van der Waals surface area (Å²) in [6.07, 6.45) is 0. The first-order valence-corrected chi connectivity index (χ1v) is 4.63. The molecule has 0 fully saturated rings. The quantitative estimate of drug-likeness (QED) is 0.810. The van der Waals surface area contributed by atoms with Crippen LogP contribution in [0.15, 0.2) is 40.8 Å². The molecule has 76 valence electrons. The highest BCUT2D eigenvalue weighted by atomic mass is 16.3. The lowest BCUT2D eigenvalue weighted by Gasteiger charge is -1.97. The lowest BCUT2D eigenvalue weighted by molar-refractivity contribution is 0.0975. The van der Waals surface area contributed by atoms with E-state index in [-0.39, 0.29) is 5.76 Å². The van der Waals surface area contributed by atoms with Gasteiger partial charge in [-0.3, -0.25) is 4.79 Å². The average molecular weight is 201 g/mol. The fourth-order valence-corrected chi connectivity index (χ4v) is 1.42. The Morgan fingerprint density at radius 2 is 2.07 bits per heavy atom. The maximum atomic E-state index is 10.8. The second-order valence-electron chi connectivity index (χ2n) is 3.40. The number of amides is 1. The van der Waals surface area contributed by atoms with E-state index >= 15 is 0 Å². The SMILES string of the molecule is Cc1cccc(-c2ccc(C(N)=O)o2)c1. The highest BCUT2D eigenvalue weighted by molar-refractivity contribution is 5.90. The standard InChI is InChI=1S/C12H11NO2/c1-8-3-2-4-9(7-8)10-5-6-11(15-10)12(13)14/h2-7H,1H3,(H2,13,14). The molecule has 1 heterocycles. The second-order valence-corrected chi connectivity index (χ2v) is 3.40. The third-order valence-corrected chi connectivity index (χ3v) is 2.15. The molecule has 1 amide bonds. The molecular weight excluding hydrogens is 190 g/mol. The van der Waals surface area contributed by atoms with Gasteiger partial charge in [0.25, 0.3) is 5.91 Å². The largest absolute Gasteiger partial charge is 0.451 e. The van der Waals surface area contributed by atoms with Crippen molar-refractivity contribution in [3.63, 3.8) is 0 Å². The number of carbonyl (C=O) groups excluding carboxylic acids is 1. The zero-order valence-electron chi connectivity index (χ0n) is 8.36. The smallest absolute Gasteiger partial charge is 0.284 e. The molecule has 2 rings (SSSR count). The lowest BCUT2D eigenvalue weighted by Crippen LogP contribution is -2.09. The van der Waals surface area contributed by atoms with Crippen molar-refractivity contribution in [1.29, 1.82) is 0 Å². The first-order chi connectivity index (χ1) is 7.16. The van der Waals surface area contributed by atoms with Gasteiger partial charge in [0.05, 0.1) is 0 Å². The van der Waals surface area contributed by atoms with Gasteiger partial charge in [-0.1, -0.05) is 23.8 Å². The highest BCUT2D eigenvalue weighted by Gasteiger charge is 2.08. The molecule has 0 bridgehead atoms. The molecule has 1 aromatic heterocycles. The average Bonchev–Trinajstić information content (AvgIpc) is 2.66. The van der Waals surface area contributed by atoms with Crippen LogP contribution in [-0.4, -0.2) is 5.91 Å². The maximum Gasteiger partial charge on any atom is 0.284 e.